The molecule has 0 aliphatic carbocycles. The van der Waals surface area contributed by atoms with Gasteiger partial charge in [-0.05, 0) is 30.7 Å². The fourth-order valence-electron chi connectivity index (χ4n) is 3.79. The molecule has 7 nitrogen and oxygen atoms in total. The van der Waals surface area contributed by atoms with E-state index in [2.05, 4.69) is 0 Å². The molecule has 3 aromatic rings. The van der Waals surface area contributed by atoms with E-state index in [0.29, 0.717) is 43.6 Å². The highest BCUT2D eigenvalue weighted by Gasteiger charge is 2.26. The Morgan fingerprint density at radius 2 is 1.94 bits per heavy atom. The first kappa shape index (κ1) is 22.3. The van der Waals surface area contributed by atoms with Gasteiger partial charge in [-0.25, -0.2) is 0 Å². The molecule has 1 saturated heterocycles. The van der Waals surface area contributed by atoms with E-state index in [4.69, 9.17) is 26.5 Å². The van der Waals surface area contributed by atoms with Gasteiger partial charge in [0.15, 0.2) is 5.82 Å². The minimum Gasteiger partial charge on any atom is -0.489 e. The topological polar surface area (TPSA) is 70.8 Å². The van der Waals surface area contributed by atoms with Crippen LogP contribution in [0.15, 0.2) is 54.6 Å². The van der Waals surface area contributed by atoms with Crippen molar-refractivity contribution in [3.8, 4) is 5.75 Å². The second-order valence-electron chi connectivity index (χ2n) is 7.87. The smallest absolute Gasteiger partial charge is 0.242 e. The number of carbonyl (C=O) groups is 1. The lowest BCUT2D eigenvalue weighted by molar-refractivity contribution is -0.121. The zero-order valence-corrected chi connectivity index (χ0v) is 18.8. The first-order valence-corrected chi connectivity index (χ1v) is 11.0. The highest BCUT2D eigenvalue weighted by molar-refractivity contribution is 6.30. The van der Waals surface area contributed by atoms with Crippen LogP contribution >= 0.6 is 11.6 Å². The second kappa shape index (κ2) is 10.2. The third-order valence-electron chi connectivity index (χ3n) is 5.54. The van der Waals surface area contributed by atoms with Gasteiger partial charge >= 0.3 is 0 Å². The molecule has 8 heteroatoms. The molecule has 32 heavy (non-hydrogen) atoms. The Bertz CT molecular complexity index is 1070. The zero-order valence-electron chi connectivity index (χ0n) is 18.1. The van der Waals surface area contributed by atoms with E-state index in [1.165, 1.54) is 0 Å². The molecule has 1 aliphatic rings. The van der Waals surface area contributed by atoms with Crippen LogP contribution in [0, 0.1) is 6.92 Å². The van der Waals surface area contributed by atoms with Crippen molar-refractivity contribution < 1.29 is 14.6 Å². The van der Waals surface area contributed by atoms with Crippen molar-refractivity contribution in [1.29, 1.82) is 0 Å². The molecule has 0 bridgehead atoms. The van der Waals surface area contributed by atoms with Crippen molar-refractivity contribution in [3.63, 3.8) is 0 Å². The van der Waals surface area contributed by atoms with Gasteiger partial charge in [0.25, 0.3) is 0 Å². The SMILES string of the molecule is Cc1cc(N2CCN(CCO)CC2=O)nn1Cc1cc(Cl)ccc1OCc1ccccc1. The summed E-state index contributed by atoms with van der Waals surface area (Å²) in [6, 6.07) is 17.5. The molecule has 2 heterocycles. The Kier molecular flexibility index (Phi) is 7.09. The molecular formula is C24H27ClN4O3. The number of anilines is 1. The number of piperazine rings is 1. The number of ether oxygens (including phenoxy) is 1. The zero-order chi connectivity index (χ0) is 22.5. The monoisotopic (exact) mass is 454 g/mol. The molecule has 0 saturated carbocycles. The average molecular weight is 455 g/mol. The van der Waals surface area contributed by atoms with Crippen molar-refractivity contribution >= 4 is 23.3 Å². The minimum atomic E-state index is -0.0102. The van der Waals surface area contributed by atoms with Crippen molar-refractivity contribution in [2.75, 3.05) is 37.7 Å². The van der Waals surface area contributed by atoms with Crippen LogP contribution in [-0.4, -0.2) is 58.5 Å². The predicted molar refractivity (Wildman–Crippen MR) is 124 cm³/mol. The maximum absolute atomic E-state index is 12.6. The molecule has 0 radical (unpaired) electrons. The fourth-order valence-corrected chi connectivity index (χ4v) is 3.98. The lowest BCUT2D eigenvalue weighted by atomic mass is 10.2. The third-order valence-corrected chi connectivity index (χ3v) is 5.78. The number of hydrogen-bond donors (Lipinski definition) is 1. The molecule has 1 aromatic heterocycles. The quantitative estimate of drug-likeness (QED) is 0.566. The van der Waals surface area contributed by atoms with E-state index >= 15 is 0 Å². The van der Waals surface area contributed by atoms with Crippen LogP contribution in [0.5, 0.6) is 5.75 Å². The number of aliphatic hydroxyl groups is 1. The van der Waals surface area contributed by atoms with Gasteiger partial charge in [0.05, 0.1) is 19.7 Å². The van der Waals surface area contributed by atoms with Crippen molar-refractivity contribution in [2.45, 2.75) is 20.1 Å². The molecule has 4 rings (SSSR count). The first-order valence-electron chi connectivity index (χ1n) is 10.7. The molecule has 0 atom stereocenters. The van der Waals surface area contributed by atoms with Gasteiger partial charge in [0, 0.05) is 42.0 Å². The van der Waals surface area contributed by atoms with Crippen molar-refractivity contribution in [2.24, 2.45) is 0 Å². The minimum absolute atomic E-state index is 0.0102. The van der Waals surface area contributed by atoms with Crippen LogP contribution in [0.2, 0.25) is 5.02 Å². The summed E-state index contributed by atoms with van der Waals surface area (Å²) in [5, 5.41) is 14.4. The molecular weight excluding hydrogens is 428 g/mol. The van der Waals surface area contributed by atoms with Crippen molar-refractivity contribution in [3.05, 3.63) is 76.4 Å². The number of aryl methyl sites for hydroxylation is 1. The summed E-state index contributed by atoms with van der Waals surface area (Å²) < 4.78 is 7.94. The summed E-state index contributed by atoms with van der Waals surface area (Å²) in [4.78, 5) is 16.3. The van der Waals surface area contributed by atoms with E-state index in [-0.39, 0.29) is 19.1 Å². The standard InChI is InChI=1S/C24H27ClN4O3/c1-18-13-23(28-10-9-27(11-12-30)16-24(28)31)26-29(18)15-20-14-21(25)7-8-22(20)32-17-19-5-3-2-4-6-19/h2-8,13-14,30H,9-12,15-17H2,1H3. The summed E-state index contributed by atoms with van der Waals surface area (Å²) in [6.07, 6.45) is 0. The number of carbonyl (C=O) groups excluding carboxylic acids is 1. The Hall–Kier alpha value is -2.87. The molecule has 2 aromatic carbocycles. The van der Waals surface area contributed by atoms with Crippen LogP contribution in [0.4, 0.5) is 5.82 Å². The molecule has 168 valence electrons. The number of nitrogens with zero attached hydrogens (tertiary/aromatic N) is 4. The number of β-amino-alcohol motifs (C(OH)–C–C–N with tert-alkyl or cyclic N) is 1. The van der Waals surface area contributed by atoms with Crippen LogP contribution in [-0.2, 0) is 17.9 Å². The summed E-state index contributed by atoms with van der Waals surface area (Å²) in [7, 11) is 0. The summed E-state index contributed by atoms with van der Waals surface area (Å²) in [6.45, 7) is 5.03. The maximum atomic E-state index is 12.6. The Balaban J connectivity index is 1.49. The van der Waals surface area contributed by atoms with Crippen LogP contribution in [0.25, 0.3) is 0 Å². The highest BCUT2D eigenvalue weighted by Crippen LogP contribution is 2.26. The van der Waals surface area contributed by atoms with Crippen LogP contribution < -0.4 is 9.64 Å². The van der Waals surface area contributed by atoms with Crippen molar-refractivity contribution in [1.82, 2.24) is 14.7 Å². The van der Waals surface area contributed by atoms with Crippen LogP contribution in [0.3, 0.4) is 0 Å². The maximum Gasteiger partial charge on any atom is 0.242 e. The van der Waals surface area contributed by atoms with Gasteiger partial charge < -0.3 is 9.84 Å². The third kappa shape index (κ3) is 5.30. The van der Waals surface area contributed by atoms with Gasteiger partial charge in [-0.2, -0.15) is 5.10 Å². The summed E-state index contributed by atoms with van der Waals surface area (Å²) >= 11 is 6.26. The summed E-state index contributed by atoms with van der Waals surface area (Å²) in [5.74, 6) is 1.39. The predicted octanol–water partition coefficient (Wildman–Crippen LogP) is 3.11. The largest absolute Gasteiger partial charge is 0.489 e. The lowest BCUT2D eigenvalue weighted by Crippen LogP contribution is -2.51. The van der Waals surface area contributed by atoms with E-state index in [1.807, 2.05) is 71.1 Å². The Labute approximate surface area is 192 Å². The molecule has 1 amide bonds. The Morgan fingerprint density at radius 3 is 2.69 bits per heavy atom. The summed E-state index contributed by atoms with van der Waals surface area (Å²) in [5.41, 5.74) is 2.95. The molecule has 0 unspecified atom stereocenters. The fraction of sp³-hybridized carbons (Fsp3) is 0.333. The number of halogens is 1. The molecule has 1 N–H and O–H groups in total. The number of aromatic nitrogens is 2. The highest BCUT2D eigenvalue weighted by atomic mass is 35.5. The number of benzene rings is 2. The van der Waals surface area contributed by atoms with Gasteiger partial charge in [-0.15, -0.1) is 0 Å². The second-order valence-corrected chi connectivity index (χ2v) is 8.31. The molecule has 1 fully saturated rings. The average Bonchev–Trinajstić information content (AvgIpc) is 3.14. The number of amides is 1. The normalized spacial score (nSPS) is 14.7. The van der Waals surface area contributed by atoms with E-state index in [0.717, 1.165) is 22.6 Å². The molecule has 0 spiro atoms. The van der Waals surface area contributed by atoms with Gasteiger partial charge in [-0.1, -0.05) is 41.9 Å². The Morgan fingerprint density at radius 1 is 1.12 bits per heavy atom. The van der Waals surface area contributed by atoms with Gasteiger partial charge in [-0.3, -0.25) is 19.3 Å². The van der Waals surface area contributed by atoms with E-state index in [9.17, 15) is 4.79 Å². The van der Waals surface area contributed by atoms with Crippen LogP contribution in [0.1, 0.15) is 16.8 Å². The first-order chi connectivity index (χ1) is 15.5. The van der Waals surface area contributed by atoms with Gasteiger partial charge in [0.2, 0.25) is 5.91 Å². The lowest BCUT2D eigenvalue weighted by Gasteiger charge is -2.32. The number of aliphatic hydroxyl groups excluding tert-OH is 1. The van der Waals surface area contributed by atoms with E-state index in [1.54, 1.807) is 4.90 Å². The number of hydrogen-bond acceptors (Lipinski definition) is 5. The van der Waals surface area contributed by atoms with E-state index < -0.39 is 0 Å². The molecule has 1 aliphatic heterocycles. The van der Waals surface area contributed by atoms with Gasteiger partial charge in [0.1, 0.15) is 12.4 Å². The number of rotatable bonds is 8.